The van der Waals surface area contributed by atoms with Crippen molar-refractivity contribution >= 4 is 11.1 Å². The third-order valence-electron chi connectivity index (χ3n) is 5.22. The molecule has 2 aliphatic carbocycles. The molecular formula is C24H8N6. The summed E-state index contributed by atoms with van der Waals surface area (Å²) >= 11 is 0. The molecule has 0 saturated carbocycles. The zero-order chi connectivity index (χ0) is 20.8. The van der Waals surface area contributed by atoms with Crippen molar-refractivity contribution in [3.8, 4) is 46.8 Å². The van der Waals surface area contributed by atoms with Crippen molar-refractivity contribution in [3.05, 3.63) is 82.2 Å². The smallest absolute Gasteiger partial charge is 0.139 e. The maximum atomic E-state index is 9.51. The molecular weight excluding hydrogens is 372 g/mol. The molecule has 30 heavy (non-hydrogen) atoms. The van der Waals surface area contributed by atoms with Gasteiger partial charge in [-0.15, -0.1) is 0 Å². The average Bonchev–Trinajstić information content (AvgIpc) is 3.28. The van der Waals surface area contributed by atoms with Crippen LogP contribution in [0.4, 0.5) is 0 Å². The van der Waals surface area contributed by atoms with Gasteiger partial charge in [0, 0.05) is 22.3 Å². The number of nitriles is 4. The molecule has 2 aromatic carbocycles. The lowest BCUT2D eigenvalue weighted by molar-refractivity contribution is 1.18. The second kappa shape index (κ2) is 6.25. The summed E-state index contributed by atoms with van der Waals surface area (Å²) in [4.78, 5) is 9.63. The first-order chi connectivity index (χ1) is 14.7. The summed E-state index contributed by atoms with van der Waals surface area (Å²) in [6, 6.07) is 22.6. The number of rotatable bonds is 0. The fourth-order valence-electron chi connectivity index (χ4n) is 4.01. The van der Waals surface area contributed by atoms with E-state index in [1.54, 1.807) is 0 Å². The number of nitrogens with zero attached hydrogens (tertiary/aromatic N) is 6. The summed E-state index contributed by atoms with van der Waals surface area (Å²) < 4.78 is 0. The van der Waals surface area contributed by atoms with E-state index in [0.717, 1.165) is 11.1 Å². The first kappa shape index (κ1) is 17.1. The standard InChI is InChI=1S/C24H8N6/c25-9-13(10-26)19-15-5-1-3-7-17(15)21-23(19)30-22-18-8-4-2-6-16(18)20(24(22)29-21)14(11-27)12-28/h1-8H. The van der Waals surface area contributed by atoms with Crippen molar-refractivity contribution in [1.82, 2.24) is 9.97 Å². The first-order valence-electron chi connectivity index (χ1n) is 8.94. The van der Waals surface area contributed by atoms with Gasteiger partial charge < -0.3 is 0 Å². The third-order valence-corrected chi connectivity index (χ3v) is 5.22. The molecule has 0 saturated heterocycles. The molecule has 6 heteroatoms. The number of benzene rings is 2. The molecule has 0 amide bonds. The minimum atomic E-state index is -0.0350. The minimum absolute atomic E-state index is 0.0350. The van der Waals surface area contributed by atoms with Gasteiger partial charge in [0.2, 0.25) is 0 Å². The van der Waals surface area contributed by atoms with E-state index in [4.69, 9.17) is 9.97 Å². The normalized spacial score (nSPS) is 11.7. The van der Waals surface area contributed by atoms with Crippen LogP contribution in [0, 0.1) is 45.3 Å². The Morgan fingerprint density at radius 3 is 1.17 bits per heavy atom. The Bertz CT molecular complexity index is 1380. The minimum Gasteiger partial charge on any atom is -0.243 e. The van der Waals surface area contributed by atoms with E-state index >= 15 is 0 Å². The summed E-state index contributed by atoms with van der Waals surface area (Å²) in [6.07, 6.45) is 0. The van der Waals surface area contributed by atoms with E-state index < -0.39 is 0 Å². The first-order valence-corrected chi connectivity index (χ1v) is 8.94. The lowest BCUT2D eigenvalue weighted by Crippen LogP contribution is -1.98. The second-order valence-electron chi connectivity index (χ2n) is 6.66. The molecule has 134 valence electrons. The van der Waals surface area contributed by atoms with Crippen LogP contribution in [0.15, 0.2) is 59.7 Å². The zero-order valence-corrected chi connectivity index (χ0v) is 15.3. The van der Waals surface area contributed by atoms with Crippen LogP contribution in [-0.2, 0) is 0 Å². The Hall–Kier alpha value is -5.04. The number of fused-ring (bicyclic) bond motifs is 6. The Kier molecular flexibility index (Phi) is 3.56. The SMILES string of the molecule is N#CC(C#N)=C1c2ccccc2-c2nc3c(nc21)-c1ccccc1C3=C(C#N)C#N. The predicted octanol–water partition coefficient (Wildman–Crippen LogP) is 4.14. The molecule has 0 unspecified atom stereocenters. The summed E-state index contributed by atoms with van der Waals surface area (Å²) in [7, 11) is 0. The van der Waals surface area contributed by atoms with E-state index in [9.17, 15) is 21.0 Å². The molecule has 1 heterocycles. The van der Waals surface area contributed by atoms with E-state index in [0.29, 0.717) is 45.0 Å². The van der Waals surface area contributed by atoms with Gasteiger partial charge in [-0.1, -0.05) is 48.5 Å². The van der Waals surface area contributed by atoms with Crippen LogP contribution in [0.3, 0.4) is 0 Å². The monoisotopic (exact) mass is 380 g/mol. The van der Waals surface area contributed by atoms with Crippen LogP contribution in [0.1, 0.15) is 22.5 Å². The molecule has 0 aliphatic heterocycles. The Balaban J connectivity index is 1.95. The highest BCUT2D eigenvalue weighted by Gasteiger charge is 2.35. The van der Waals surface area contributed by atoms with Crippen LogP contribution in [0.2, 0.25) is 0 Å². The molecule has 0 bridgehead atoms. The molecule has 0 fully saturated rings. The lowest BCUT2D eigenvalue weighted by Gasteiger charge is -2.06. The Labute approximate surface area is 171 Å². The Morgan fingerprint density at radius 2 is 0.833 bits per heavy atom. The quantitative estimate of drug-likeness (QED) is 0.372. The molecule has 0 N–H and O–H groups in total. The highest BCUT2D eigenvalue weighted by atomic mass is 14.9. The number of hydrogen-bond acceptors (Lipinski definition) is 6. The van der Waals surface area contributed by atoms with Crippen LogP contribution < -0.4 is 0 Å². The lowest BCUT2D eigenvalue weighted by atomic mass is 10.0. The van der Waals surface area contributed by atoms with Gasteiger partial charge >= 0.3 is 0 Å². The van der Waals surface area contributed by atoms with E-state index in [2.05, 4.69) is 0 Å². The molecule has 0 spiro atoms. The van der Waals surface area contributed by atoms with Crippen molar-refractivity contribution < 1.29 is 0 Å². The largest absolute Gasteiger partial charge is 0.243 e. The fraction of sp³-hybridized carbons (Fsp3) is 0. The van der Waals surface area contributed by atoms with Crippen molar-refractivity contribution in [2.75, 3.05) is 0 Å². The van der Waals surface area contributed by atoms with E-state index in [1.807, 2.05) is 72.8 Å². The van der Waals surface area contributed by atoms with Crippen molar-refractivity contribution in [3.63, 3.8) is 0 Å². The molecule has 0 atom stereocenters. The molecule has 5 rings (SSSR count). The van der Waals surface area contributed by atoms with Crippen LogP contribution in [-0.4, -0.2) is 9.97 Å². The van der Waals surface area contributed by atoms with Gasteiger partial charge in [-0.25, -0.2) is 9.97 Å². The summed E-state index contributed by atoms with van der Waals surface area (Å²) in [5.41, 5.74) is 5.76. The predicted molar refractivity (Wildman–Crippen MR) is 107 cm³/mol. The molecule has 0 radical (unpaired) electrons. The fourth-order valence-corrected chi connectivity index (χ4v) is 4.01. The summed E-state index contributed by atoms with van der Waals surface area (Å²) in [6.45, 7) is 0. The summed E-state index contributed by atoms with van der Waals surface area (Å²) in [5.74, 6) is 0. The van der Waals surface area contributed by atoms with Crippen LogP contribution >= 0.6 is 0 Å². The Morgan fingerprint density at radius 1 is 0.500 bits per heavy atom. The zero-order valence-electron chi connectivity index (χ0n) is 15.3. The van der Waals surface area contributed by atoms with Crippen molar-refractivity contribution in [2.45, 2.75) is 0 Å². The van der Waals surface area contributed by atoms with Crippen LogP contribution in [0.25, 0.3) is 33.7 Å². The molecule has 2 aliphatic rings. The molecule has 1 aromatic heterocycles. The van der Waals surface area contributed by atoms with Crippen molar-refractivity contribution in [2.24, 2.45) is 0 Å². The van der Waals surface area contributed by atoms with Gasteiger partial charge in [0.15, 0.2) is 0 Å². The number of hydrogen-bond donors (Lipinski definition) is 0. The third kappa shape index (κ3) is 2.08. The highest BCUT2D eigenvalue weighted by molar-refractivity contribution is 6.06. The maximum absolute atomic E-state index is 9.51. The number of allylic oxidation sites excluding steroid dienone is 2. The molecule has 3 aromatic rings. The maximum Gasteiger partial charge on any atom is 0.139 e. The molecule has 6 nitrogen and oxygen atoms in total. The second-order valence-corrected chi connectivity index (χ2v) is 6.66. The average molecular weight is 380 g/mol. The highest BCUT2D eigenvalue weighted by Crippen LogP contribution is 2.49. The van der Waals surface area contributed by atoms with Gasteiger partial charge in [-0.05, 0) is 11.1 Å². The summed E-state index contributed by atoms with van der Waals surface area (Å²) in [5, 5.41) is 38.0. The topological polar surface area (TPSA) is 121 Å². The van der Waals surface area contributed by atoms with Gasteiger partial charge in [0.25, 0.3) is 0 Å². The van der Waals surface area contributed by atoms with Gasteiger partial charge in [0.1, 0.15) is 46.8 Å². The van der Waals surface area contributed by atoms with E-state index in [1.165, 1.54) is 0 Å². The van der Waals surface area contributed by atoms with E-state index in [-0.39, 0.29) is 11.1 Å². The van der Waals surface area contributed by atoms with Gasteiger partial charge in [0.05, 0.1) is 11.4 Å². The van der Waals surface area contributed by atoms with Crippen molar-refractivity contribution in [1.29, 1.82) is 21.0 Å². The van der Waals surface area contributed by atoms with Gasteiger partial charge in [-0.3, -0.25) is 0 Å². The number of aromatic nitrogens is 2. The van der Waals surface area contributed by atoms with Gasteiger partial charge in [-0.2, -0.15) is 21.0 Å². The van der Waals surface area contributed by atoms with Crippen LogP contribution in [0.5, 0.6) is 0 Å².